The maximum Gasteiger partial charge on any atom is 0.243 e. The van der Waals surface area contributed by atoms with Gasteiger partial charge in [-0.2, -0.15) is 4.31 Å². The highest BCUT2D eigenvalue weighted by Crippen LogP contribution is 2.29. The number of aromatic hydroxyl groups is 1. The number of hydrogen-bond acceptors (Lipinski definition) is 4. The van der Waals surface area contributed by atoms with E-state index in [4.69, 9.17) is 0 Å². The first-order valence-electron chi connectivity index (χ1n) is 7.93. The van der Waals surface area contributed by atoms with Crippen LogP contribution >= 0.6 is 0 Å². The lowest BCUT2D eigenvalue weighted by Crippen LogP contribution is -2.28. The van der Waals surface area contributed by atoms with E-state index in [-0.39, 0.29) is 22.2 Å². The molecule has 0 aromatic heterocycles. The second-order valence-corrected chi connectivity index (χ2v) is 8.21. The van der Waals surface area contributed by atoms with Gasteiger partial charge < -0.3 is 10.4 Å². The van der Waals surface area contributed by atoms with E-state index in [2.05, 4.69) is 5.32 Å². The van der Waals surface area contributed by atoms with Crippen molar-refractivity contribution in [3.63, 3.8) is 0 Å². The summed E-state index contributed by atoms with van der Waals surface area (Å²) < 4.78 is 26.5. The van der Waals surface area contributed by atoms with Crippen LogP contribution in [0.25, 0.3) is 0 Å². The number of phenols is 1. The highest BCUT2D eigenvalue weighted by atomic mass is 32.2. The molecule has 1 amide bonds. The molecule has 1 aromatic carbocycles. The Morgan fingerprint density at radius 3 is 2.57 bits per heavy atom. The maximum absolute atomic E-state index is 12.5. The lowest BCUT2D eigenvalue weighted by Gasteiger charge is -2.16. The van der Waals surface area contributed by atoms with Gasteiger partial charge >= 0.3 is 0 Å². The minimum Gasteiger partial charge on any atom is -0.506 e. The van der Waals surface area contributed by atoms with Gasteiger partial charge in [-0.1, -0.05) is 13.8 Å². The van der Waals surface area contributed by atoms with E-state index in [1.807, 2.05) is 13.8 Å². The van der Waals surface area contributed by atoms with Crippen LogP contribution in [0.5, 0.6) is 5.75 Å². The number of benzene rings is 1. The zero-order valence-electron chi connectivity index (χ0n) is 13.6. The third kappa shape index (κ3) is 4.45. The summed E-state index contributed by atoms with van der Waals surface area (Å²) in [6.07, 6.45) is 2.78. The Balaban J connectivity index is 2.17. The number of amides is 1. The summed E-state index contributed by atoms with van der Waals surface area (Å²) >= 11 is 0. The van der Waals surface area contributed by atoms with Crippen molar-refractivity contribution in [1.29, 1.82) is 0 Å². The van der Waals surface area contributed by atoms with E-state index >= 15 is 0 Å². The summed E-state index contributed by atoms with van der Waals surface area (Å²) in [5, 5.41) is 12.5. The van der Waals surface area contributed by atoms with Crippen molar-refractivity contribution in [1.82, 2.24) is 4.31 Å². The minimum absolute atomic E-state index is 0.0939. The molecular formula is C16H24N2O4S. The standard InChI is InChI=1S/C16H24N2O4S/c1-12(2)5-8-16(20)17-14-11-13(6-7-15(14)19)23(21,22)18-9-3-4-10-18/h6-7,11-12,19H,3-5,8-10H2,1-2H3,(H,17,20). The van der Waals surface area contributed by atoms with E-state index in [1.54, 1.807) is 0 Å². The first-order chi connectivity index (χ1) is 10.8. The van der Waals surface area contributed by atoms with Crippen LogP contribution in [0.2, 0.25) is 0 Å². The third-order valence-electron chi connectivity index (χ3n) is 3.89. The Morgan fingerprint density at radius 2 is 1.96 bits per heavy atom. The Labute approximate surface area is 137 Å². The monoisotopic (exact) mass is 340 g/mol. The van der Waals surface area contributed by atoms with Crippen molar-refractivity contribution >= 4 is 21.6 Å². The summed E-state index contributed by atoms with van der Waals surface area (Å²) in [5.41, 5.74) is 0.138. The van der Waals surface area contributed by atoms with Crippen LogP contribution in [0.15, 0.2) is 23.1 Å². The predicted octanol–water partition coefficient (Wildman–Crippen LogP) is 2.55. The fourth-order valence-corrected chi connectivity index (χ4v) is 4.03. The molecule has 1 fully saturated rings. The molecule has 1 aliphatic rings. The molecule has 128 valence electrons. The van der Waals surface area contributed by atoms with E-state index in [0.717, 1.165) is 19.3 Å². The lowest BCUT2D eigenvalue weighted by atomic mass is 10.1. The normalized spacial score (nSPS) is 16.0. The smallest absolute Gasteiger partial charge is 0.243 e. The van der Waals surface area contributed by atoms with Crippen molar-refractivity contribution in [3.8, 4) is 5.75 Å². The van der Waals surface area contributed by atoms with Crippen molar-refractivity contribution in [2.45, 2.75) is 44.4 Å². The van der Waals surface area contributed by atoms with Gasteiger partial charge in [0.25, 0.3) is 0 Å². The first-order valence-corrected chi connectivity index (χ1v) is 9.37. The van der Waals surface area contributed by atoms with Gasteiger partial charge in [0, 0.05) is 19.5 Å². The summed E-state index contributed by atoms with van der Waals surface area (Å²) in [5.74, 6) is 0.0317. The van der Waals surface area contributed by atoms with Crippen molar-refractivity contribution in [3.05, 3.63) is 18.2 Å². The van der Waals surface area contributed by atoms with Crippen molar-refractivity contribution < 1.29 is 18.3 Å². The molecule has 7 heteroatoms. The molecule has 0 saturated carbocycles. The third-order valence-corrected chi connectivity index (χ3v) is 5.79. The zero-order chi connectivity index (χ0) is 17.0. The number of rotatable bonds is 6. The summed E-state index contributed by atoms with van der Waals surface area (Å²) in [4.78, 5) is 12.0. The van der Waals surface area contributed by atoms with Crippen LogP contribution in [0.1, 0.15) is 39.5 Å². The topological polar surface area (TPSA) is 86.7 Å². The molecule has 23 heavy (non-hydrogen) atoms. The molecule has 0 aliphatic carbocycles. The van der Waals surface area contributed by atoms with Gasteiger partial charge in [-0.25, -0.2) is 8.42 Å². The fourth-order valence-electron chi connectivity index (χ4n) is 2.49. The largest absolute Gasteiger partial charge is 0.506 e. The number of nitrogens with one attached hydrogen (secondary N) is 1. The lowest BCUT2D eigenvalue weighted by molar-refractivity contribution is -0.116. The van der Waals surface area contributed by atoms with Crippen LogP contribution in [0.4, 0.5) is 5.69 Å². The van der Waals surface area contributed by atoms with Crippen LogP contribution < -0.4 is 5.32 Å². The summed E-state index contributed by atoms with van der Waals surface area (Å²) in [7, 11) is -3.57. The number of sulfonamides is 1. The highest BCUT2D eigenvalue weighted by molar-refractivity contribution is 7.89. The Hall–Kier alpha value is -1.60. The first kappa shape index (κ1) is 17.7. The van der Waals surface area contributed by atoms with Crippen LogP contribution in [-0.4, -0.2) is 36.8 Å². The fraction of sp³-hybridized carbons (Fsp3) is 0.562. The van der Waals surface area contributed by atoms with E-state index in [1.165, 1.54) is 22.5 Å². The van der Waals surface area contributed by atoms with Crippen LogP contribution in [0.3, 0.4) is 0 Å². The van der Waals surface area contributed by atoms with Crippen LogP contribution in [0, 0.1) is 5.92 Å². The van der Waals surface area contributed by atoms with E-state index < -0.39 is 10.0 Å². The molecule has 2 N–H and O–H groups in total. The molecule has 6 nitrogen and oxygen atoms in total. The molecule has 0 atom stereocenters. The van der Waals surface area contributed by atoms with Gasteiger partial charge in [-0.3, -0.25) is 4.79 Å². The number of hydrogen-bond donors (Lipinski definition) is 2. The molecule has 1 aliphatic heterocycles. The van der Waals surface area contributed by atoms with E-state index in [0.29, 0.717) is 25.4 Å². The molecule has 1 heterocycles. The number of carbonyl (C=O) groups is 1. The number of phenolic OH excluding ortho intramolecular Hbond substituents is 1. The van der Waals surface area contributed by atoms with Gasteiger partial charge in [0.2, 0.25) is 15.9 Å². The quantitative estimate of drug-likeness (QED) is 0.779. The highest BCUT2D eigenvalue weighted by Gasteiger charge is 2.27. The Kier molecular flexibility index (Phi) is 5.64. The maximum atomic E-state index is 12.5. The molecule has 2 rings (SSSR count). The van der Waals surface area contributed by atoms with Gasteiger partial charge in [-0.15, -0.1) is 0 Å². The molecule has 0 bridgehead atoms. The molecule has 1 saturated heterocycles. The van der Waals surface area contributed by atoms with E-state index in [9.17, 15) is 18.3 Å². The average molecular weight is 340 g/mol. The average Bonchev–Trinajstić information content (AvgIpc) is 3.02. The zero-order valence-corrected chi connectivity index (χ0v) is 14.4. The number of carbonyl (C=O) groups excluding carboxylic acids is 1. The minimum atomic E-state index is -3.57. The van der Waals surface area contributed by atoms with Gasteiger partial charge in [-0.05, 0) is 43.4 Å². The Morgan fingerprint density at radius 1 is 1.30 bits per heavy atom. The second-order valence-electron chi connectivity index (χ2n) is 6.27. The molecule has 0 spiro atoms. The SMILES string of the molecule is CC(C)CCC(=O)Nc1cc(S(=O)(=O)N2CCCC2)ccc1O. The number of anilines is 1. The Bertz CT molecular complexity index is 665. The second kappa shape index (κ2) is 7.31. The molecule has 1 aromatic rings. The summed E-state index contributed by atoms with van der Waals surface area (Å²) in [6.45, 7) is 5.07. The molecular weight excluding hydrogens is 316 g/mol. The van der Waals surface area contributed by atoms with Gasteiger partial charge in [0.1, 0.15) is 5.75 Å². The van der Waals surface area contributed by atoms with Crippen molar-refractivity contribution in [2.75, 3.05) is 18.4 Å². The molecule has 0 unspecified atom stereocenters. The number of nitrogens with zero attached hydrogens (tertiary/aromatic N) is 1. The summed E-state index contributed by atoms with van der Waals surface area (Å²) in [6, 6.07) is 4.00. The predicted molar refractivity (Wildman–Crippen MR) is 88.8 cm³/mol. The molecule has 0 radical (unpaired) electrons. The van der Waals surface area contributed by atoms with Crippen LogP contribution in [-0.2, 0) is 14.8 Å². The van der Waals surface area contributed by atoms with Gasteiger partial charge in [0.05, 0.1) is 10.6 Å². The van der Waals surface area contributed by atoms with Crippen molar-refractivity contribution in [2.24, 2.45) is 5.92 Å². The van der Waals surface area contributed by atoms with Gasteiger partial charge in [0.15, 0.2) is 0 Å².